The highest BCUT2D eigenvalue weighted by Crippen LogP contribution is 2.31. The van der Waals surface area contributed by atoms with Crippen LogP contribution in [0.2, 0.25) is 0 Å². The molecule has 73 heavy (non-hydrogen) atoms. The van der Waals surface area contributed by atoms with Crippen molar-refractivity contribution in [2.75, 3.05) is 87.8 Å². The minimum atomic E-state index is -0.313. The van der Waals surface area contributed by atoms with Gasteiger partial charge in [0.25, 0.3) is 11.8 Å². The first-order valence-electron chi connectivity index (χ1n) is 29.3. The van der Waals surface area contributed by atoms with Gasteiger partial charge in [-0.2, -0.15) is 0 Å². The fourth-order valence-corrected chi connectivity index (χ4v) is 12.5. The van der Waals surface area contributed by atoms with Crippen molar-refractivity contribution in [3.05, 3.63) is 35.4 Å². The minimum Gasteiger partial charge on any atom is -0.381 e. The molecule has 0 radical (unpaired) electrons. The molecule has 6 aliphatic rings. The molecule has 3 saturated heterocycles. The quantitative estimate of drug-likeness (QED) is 0.0703. The molecule has 3 saturated carbocycles. The maximum absolute atomic E-state index is 13.0. The smallest absolute Gasteiger partial charge is 0.270 e. The standard InChI is InChI=1S/C30H50N6O2.C28H46N6O/c1-21(2)23-7-5-4-6-8-25(19-23)33-27-10-9-26(29(32-3)35-27)28(31)30(37)34-24-11-15-36(16-12-24)20-22-13-17-38-18-14-22;1-30-27-24(14-15-25(33-27)31-22-12-8-3-2-4-9-13-22)26(29)28(35)32-23-16-18-34(19-17-23)20-21-10-6-5-7-11-21/h9-10,21-25,31H,4-8,11-20H2,1-3H3,(H,34,37)(H2,32,33,35);14-15,21-23,29H,2-13,16-20H2,1H3,(H,32,35)(H2,30,31,33). The van der Waals surface area contributed by atoms with Crippen molar-refractivity contribution in [1.82, 2.24) is 30.4 Å². The zero-order valence-electron chi connectivity index (χ0n) is 45.6. The molecule has 5 heterocycles. The normalized spacial score (nSPS) is 23.1. The summed E-state index contributed by atoms with van der Waals surface area (Å²) in [5, 5.41) is 36.9. The molecule has 8 rings (SSSR count). The molecular formula is C58H96N12O3. The molecule has 0 aromatic carbocycles. The van der Waals surface area contributed by atoms with Crippen LogP contribution < -0.4 is 31.9 Å². The van der Waals surface area contributed by atoms with E-state index in [0.717, 1.165) is 120 Å². The van der Waals surface area contributed by atoms with E-state index in [2.05, 4.69) is 55.5 Å². The number of anilines is 4. The molecule has 2 unspecified atom stereocenters. The van der Waals surface area contributed by atoms with Crippen LogP contribution in [0.25, 0.3) is 0 Å². The Morgan fingerprint density at radius 2 is 0.959 bits per heavy atom. The molecule has 6 fully saturated rings. The van der Waals surface area contributed by atoms with Crippen molar-refractivity contribution in [2.24, 2.45) is 23.7 Å². The van der Waals surface area contributed by atoms with Gasteiger partial charge in [-0.3, -0.25) is 20.4 Å². The van der Waals surface area contributed by atoms with Crippen LogP contribution in [0.5, 0.6) is 0 Å². The minimum absolute atomic E-state index is 0.0102. The molecule has 0 bridgehead atoms. The van der Waals surface area contributed by atoms with Gasteiger partial charge in [-0.25, -0.2) is 9.97 Å². The molecule has 2 amide bonds. The Morgan fingerprint density at radius 3 is 1.44 bits per heavy atom. The largest absolute Gasteiger partial charge is 0.381 e. The van der Waals surface area contributed by atoms with E-state index in [4.69, 9.17) is 25.5 Å². The van der Waals surface area contributed by atoms with Crippen LogP contribution in [0.3, 0.4) is 0 Å². The number of nitrogens with one attached hydrogen (secondary N) is 8. The molecule has 8 N–H and O–H groups in total. The number of ether oxygens (including phenoxy) is 1. The first-order valence-corrected chi connectivity index (χ1v) is 29.3. The van der Waals surface area contributed by atoms with Crippen molar-refractivity contribution in [3.8, 4) is 0 Å². The second kappa shape index (κ2) is 29.7. The second-order valence-electron chi connectivity index (χ2n) is 23.0. The average Bonchev–Trinajstić information content (AvgIpc) is 3.39. The summed E-state index contributed by atoms with van der Waals surface area (Å²) in [4.78, 5) is 40.5. The monoisotopic (exact) mass is 1010 g/mol. The molecule has 0 spiro atoms. The summed E-state index contributed by atoms with van der Waals surface area (Å²) in [7, 11) is 3.61. The van der Waals surface area contributed by atoms with Crippen molar-refractivity contribution in [2.45, 2.75) is 192 Å². The summed E-state index contributed by atoms with van der Waals surface area (Å²) in [6, 6.07) is 8.69. The Labute approximate surface area is 439 Å². The molecule has 3 aliphatic carbocycles. The van der Waals surface area contributed by atoms with Crippen LogP contribution in [0.15, 0.2) is 24.3 Å². The second-order valence-corrected chi connectivity index (χ2v) is 23.0. The molecule has 2 aromatic rings. The van der Waals surface area contributed by atoms with Crippen LogP contribution in [-0.4, -0.2) is 134 Å². The summed E-state index contributed by atoms with van der Waals surface area (Å²) in [5.41, 5.74) is 1.07. The van der Waals surface area contributed by atoms with E-state index < -0.39 is 0 Å². The number of hydrogen-bond acceptors (Lipinski definition) is 13. The van der Waals surface area contributed by atoms with Gasteiger partial charge in [0.15, 0.2) is 0 Å². The fourth-order valence-electron chi connectivity index (χ4n) is 12.5. The van der Waals surface area contributed by atoms with E-state index in [1.807, 2.05) is 24.3 Å². The van der Waals surface area contributed by atoms with Crippen molar-refractivity contribution in [1.29, 1.82) is 10.8 Å². The molecule has 15 heteroatoms. The van der Waals surface area contributed by atoms with Crippen LogP contribution in [0, 0.1) is 34.5 Å². The zero-order valence-corrected chi connectivity index (χ0v) is 45.6. The summed E-state index contributed by atoms with van der Waals surface area (Å²) in [6.07, 6.45) is 29.4. The summed E-state index contributed by atoms with van der Waals surface area (Å²) >= 11 is 0. The van der Waals surface area contributed by atoms with Gasteiger partial charge in [0.1, 0.15) is 34.7 Å². The Balaban J connectivity index is 0.000000214. The van der Waals surface area contributed by atoms with Gasteiger partial charge < -0.3 is 46.4 Å². The summed E-state index contributed by atoms with van der Waals surface area (Å²) < 4.78 is 5.49. The number of pyridine rings is 2. The molecule has 2 aromatic heterocycles. The number of hydrogen-bond donors (Lipinski definition) is 8. The number of carbonyl (C=O) groups is 2. The number of piperidine rings is 2. The van der Waals surface area contributed by atoms with Crippen LogP contribution in [0.1, 0.15) is 179 Å². The van der Waals surface area contributed by atoms with Gasteiger partial charge >= 0.3 is 0 Å². The summed E-state index contributed by atoms with van der Waals surface area (Å²) in [6.45, 7) is 12.9. The zero-order chi connectivity index (χ0) is 51.4. The van der Waals surface area contributed by atoms with Gasteiger partial charge in [-0.15, -0.1) is 0 Å². The van der Waals surface area contributed by atoms with Gasteiger partial charge in [0, 0.05) is 102 Å². The third kappa shape index (κ3) is 17.9. The van der Waals surface area contributed by atoms with Gasteiger partial charge in [-0.1, -0.05) is 90.9 Å². The molecule has 406 valence electrons. The average molecular weight is 1010 g/mol. The number of aromatic nitrogens is 2. The van der Waals surface area contributed by atoms with E-state index in [9.17, 15) is 9.59 Å². The maximum atomic E-state index is 13.0. The fraction of sp³-hybridized carbons (Fsp3) is 0.759. The number of rotatable bonds is 17. The van der Waals surface area contributed by atoms with E-state index >= 15 is 0 Å². The van der Waals surface area contributed by atoms with Gasteiger partial charge in [0.05, 0.1) is 0 Å². The highest BCUT2D eigenvalue weighted by molar-refractivity contribution is 6.45. The van der Waals surface area contributed by atoms with E-state index in [1.165, 1.54) is 116 Å². The molecule has 2 atom stereocenters. The van der Waals surface area contributed by atoms with Crippen LogP contribution in [0.4, 0.5) is 23.3 Å². The first-order chi connectivity index (χ1) is 35.5. The third-order valence-corrected chi connectivity index (χ3v) is 17.2. The lowest BCUT2D eigenvalue weighted by molar-refractivity contribution is -0.116. The van der Waals surface area contributed by atoms with Gasteiger partial charge in [0.2, 0.25) is 0 Å². The topological polar surface area (TPSA) is 196 Å². The van der Waals surface area contributed by atoms with Crippen molar-refractivity contribution < 1.29 is 14.3 Å². The van der Waals surface area contributed by atoms with Gasteiger partial charge in [-0.05, 0) is 125 Å². The maximum Gasteiger partial charge on any atom is 0.270 e. The molecular weight excluding hydrogens is 913 g/mol. The Hall–Kier alpha value is -4.34. The third-order valence-electron chi connectivity index (χ3n) is 17.2. The highest BCUT2D eigenvalue weighted by Gasteiger charge is 2.29. The first kappa shape index (κ1) is 56.4. The van der Waals surface area contributed by atoms with Crippen LogP contribution >= 0.6 is 0 Å². The Bertz CT molecular complexity index is 2010. The van der Waals surface area contributed by atoms with E-state index in [1.54, 1.807) is 14.1 Å². The highest BCUT2D eigenvalue weighted by atomic mass is 16.5. The van der Waals surface area contributed by atoms with Crippen LogP contribution in [-0.2, 0) is 14.3 Å². The SMILES string of the molecule is CNc1nc(NC2CCCCCC(C(C)C)C2)ccc1C(=N)C(=O)NC1CCN(CC2CCOCC2)CC1.CNc1nc(NC2CCCCCCC2)ccc1C(=N)C(=O)NC1CCN(CC2CCCCC2)CC1. The lowest BCUT2D eigenvalue weighted by Gasteiger charge is -2.35. The predicted molar refractivity (Wildman–Crippen MR) is 300 cm³/mol. The lowest BCUT2D eigenvalue weighted by Crippen LogP contribution is -2.47. The molecule has 3 aliphatic heterocycles. The number of likely N-dealkylation sites (tertiary alicyclic amines) is 2. The summed E-state index contributed by atoms with van der Waals surface area (Å²) in [5.74, 6) is 5.22. The van der Waals surface area contributed by atoms with Crippen molar-refractivity contribution in [3.63, 3.8) is 0 Å². The van der Waals surface area contributed by atoms with E-state index in [-0.39, 0.29) is 35.3 Å². The predicted octanol–water partition coefficient (Wildman–Crippen LogP) is 10.1. The lowest BCUT2D eigenvalue weighted by atomic mass is 9.81. The number of amides is 2. The van der Waals surface area contributed by atoms with Crippen molar-refractivity contribution >= 4 is 46.5 Å². The molecule has 15 nitrogen and oxygen atoms in total. The van der Waals surface area contributed by atoms with E-state index in [0.29, 0.717) is 40.8 Å². The Morgan fingerprint density at radius 1 is 0.548 bits per heavy atom. The Kier molecular flexibility index (Phi) is 22.9. The number of nitrogens with zero attached hydrogens (tertiary/aromatic N) is 4. The number of carbonyl (C=O) groups excluding carboxylic acids is 2.